The Balaban J connectivity index is 1.94. The van der Waals surface area contributed by atoms with E-state index in [9.17, 15) is 14.9 Å². The van der Waals surface area contributed by atoms with Crippen molar-refractivity contribution in [3.05, 3.63) is 67.3 Å². The van der Waals surface area contributed by atoms with Gasteiger partial charge in [0.1, 0.15) is 17.1 Å². The summed E-state index contributed by atoms with van der Waals surface area (Å²) in [6.07, 6.45) is 0. The van der Waals surface area contributed by atoms with Gasteiger partial charge in [0.15, 0.2) is 12.2 Å². The lowest BCUT2D eigenvalue weighted by Crippen LogP contribution is -2.12. The second-order valence-electron chi connectivity index (χ2n) is 5.46. The monoisotopic (exact) mass is 359 g/mol. The van der Waals surface area contributed by atoms with Gasteiger partial charge in [0.25, 0.3) is 5.69 Å². The van der Waals surface area contributed by atoms with Crippen LogP contribution in [0.5, 0.6) is 5.75 Å². The number of hydrogen-bond donors (Lipinski definition) is 0. The van der Waals surface area contributed by atoms with Crippen LogP contribution in [0, 0.1) is 10.1 Å². The zero-order valence-corrected chi connectivity index (χ0v) is 13.4. The van der Waals surface area contributed by atoms with E-state index in [-0.39, 0.29) is 34.6 Å². The summed E-state index contributed by atoms with van der Waals surface area (Å²) >= 11 is 6.14. The third-order valence-corrected chi connectivity index (χ3v) is 4.08. The lowest BCUT2D eigenvalue weighted by Gasteiger charge is -2.20. The summed E-state index contributed by atoms with van der Waals surface area (Å²) in [5.41, 5.74) is 0.964. The lowest BCUT2D eigenvalue weighted by atomic mass is 10.1. The number of fused-ring (bicyclic) bond motifs is 2. The Morgan fingerprint density at radius 1 is 1.16 bits per heavy atom. The maximum atomic E-state index is 12.4. The minimum absolute atomic E-state index is 0.0889. The molecule has 0 saturated carbocycles. The molecule has 2 aromatic carbocycles. The quantitative estimate of drug-likeness (QED) is 0.509. The first kappa shape index (κ1) is 15.6. The number of benzene rings is 2. The Morgan fingerprint density at radius 3 is 2.80 bits per heavy atom. The van der Waals surface area contributed by atoms with E-state index >= 15 is 0 Å². The van der Waals surface area contributed by atoms with Crippen molar-refractivity contribution in [3.8, 4) is 17.1 Å². The van der Waals surface area contributed by atoms with E-state index in [4.69, 9.17) is 25.5 Å². The Bertz CT molecular complexity index is 1070. The Hall–Kier alpha value is -2.90. The molecule has 1 aliphatic heterocycles. The number of nitro groups is 1. The predicted molar refractivity (Wildman–Crippen MR) is 89.9 cm³/mol. The van der Waals surface area contributed by atoms with Crippen LogP contribution in [0.1, 0.15) is 5.56 Å². The van der Waals surface area contributed by atoms with Crippen LogP contribution >= 0.6 is 11.6 Å². The van der Waals surface area contributed by atoms with Crippen LogP contribution in [0.2, 0.25) is 5.02 Å². The first-order valence-corrected chi connectivity index (χ1v) is 7.66. The molecule has 0 bridgehead atoms. The summed E-state index contributed by atoms with van der Waals surface area (Å²) < 4.78 is 16.6. The van der Waals surface area contributed by atoms with Crippen LogP contribution in [0.25, 0.3) is 22.3 Å². The average Bonchev–Trinajstić information content (AvgIpc) is 2.60. The molecule has 0 spiro atoms. The molecule has 0 saturated heterocycles. The molecular weight excluding hydrogens is 350 g/mol. The average molecular weight is 360 g/mol. The van der Waals surface area contributed by atoms with Crippen molar-refractivity contribution in [2.24, 2.45) is 0 Å². The summed E-state index contributed by atoms with van der Waals surface area (Å²) in [5.74, 6) is 0.812. The molecule has 0 N–H and O–H groups in total. The number of nitro benzene ring substituents is 1. The van der Waals surface area contributed by atoms with Gasteiger partial charge in [-0.3, -0.25) is 14.9 Å². The lowest BCUT2D eigenvalue weighted by molar-refractivity contribution is -0.384. The fourth-order valence-corrected chi connectivity index (χ4v) is 2.99. The molecule has 0 radical (unpaired) electrons. The molecule has 1 aromatic heterocycles. The number of halogens is 1. The molecule has 0 amide bonds. The van der Waals surface area contributed by atoms with Crippen LogP contribution < -0.4 is 10.2 Å². The number of rotatable bonds is 2. The van der Waals surface area contributed by atoms with E-state index in [2.05, 4.69) is 0 Å². The standard InChI is InChI=1S/C17H10ClNO6/c18-10-3-9-7-23-8-24-17(9)13(4-10)16-6-14(20)12-5-11(19(21)22)1-2-15(12)25-16/h1-6H,7-8H2. The highest BCUT2D eigenvalue weighted by atomic mass is 35.5. The smallest absolute Gasteiger partial charge is 0.270 e. The first-order valence-electron chi connectivity index (χ1n) is 7.28. The molecular formula is C17H10ClNO6. The molecule has 3 aromatic rings. The zero-order chi connectivity index (χ0) is 17.6. The van der Waals surface area contributed by atoms with Gasteiger partial charge >= 0.3 is 0 Å². The predicted octanol–water partition coefficient (Wildman–Crippen LogP) is 3.89. The van der Waals surface area contributed by atoms with Gasteiger partial charge in [-0.05, 0) is 18.2 Å². The van der Waals surface area contributed by atoms with E-state index in [0.29, 0.717) is 22.9 Å². The van der Waals surface area contributed by atoms with Crippen LogP contribution in [0.3, 0.4) is 0 Å². The van der Waals surface area contributed by atoms with E-state index in [0.717, 1.165) is 5.56 Å². The summed E-state index contributed by atoms with van der Waals surface area (Å²) in [6, 6.07) is 8.52. The van der Waals surface area contributed by atoms with Crippen LogP contribution in [0.15, 0.2) is 45.6 Å². The second kappa shape index (κ2) is 5.87. The molecule has 0 unspecified atom stereocenters. The molecule has 0 aliphatic carbocycles. The van der Waals surface area contributed by atoms with Crippen molar-refractivity contribution in [1.29, 1.82) is 0 Å². The number of ether oxygens (including phenoxy) is 2. The molecule has 25 heavy (non-hydrogen) atoms. The van der Waals surface area contributed by atoms with Gasteiger partial charge in [0, 0.05) is 28.8 Å². The third-order valence-electron chi connectivity index (χ3n) is 3.86. The highest BCUT2D eigenvalue weighted by Gasteiger charge is 2.20. The fraction of sp³-hybridized carbons (Fsp3) is 0.118. The number of hydrogen-bond acceptors (Lipinski definition) is 6. The highest BCUT2D eigenvalue weighted by molar-refractivity contribution is 6.31. The topological polar surface area (TPSA) is 91.8 Å². The van der Waals surface area contributed by atoms with E-state index < -0.39 is 4.92 Å². The van der Waals surface area contributed by atoms with Crippen molar-refractivity contribution in [2.45, 2.75) is 6.61 Å². The maximum absolute atomic E-state index is 12.4. The van der Waals surface area contributed by atoms with Crippen molar-refractivity contribution in [2.75, 3.05) is 6.79 Å². The minimum atomic E-state index is -0.562. The molecule has 7 nitrogen and oxygen atoms in total. The number of non-ortho nitro benzene ring substituents is 1. The van der Waals surface area contributed by atoms with Crippen molar-refractivity contribution < 1.29 is 18.8 Å². The van der Waals surface area contributed by atoms with Crippen molar-refractivity contribution >= 4 is 28.3 Å². The molecule has 1 aliphatic rings. The van der Waals surface area contributed by atoms with Crippen molar-refractivity contribution in [1.82, 2.24) is 0 Å². The summed E-state index contributed by atoms with van der Waals surface area (Å²) in [4.78, 5) is 22.7. The Labute approximate surface area is 145 Å². The number of nitrogens with zero attached hydrogens (tertiary/aromatic N) is 1. The second-order valence-corrected chi connectivity index (χ2v) is 5.90. The largest absolute Gasteiger partial charge is 0.466 e. The van der Waals surface area contributed by atoms with Crippen LogP contribution in [-0.4, -0.2) is 11.7 Å². The van der Waals surface area contributed by atoms with Gasteiger partial charge in [-0.1, -0.05) is 11.6 Å². The van der Waals surface area contributed by atoms with Gasteiger partial charge in [-0.25, -0.2) is 0 Å². The van der Waals surface area contributed by atoms with Gasteiger partial charge in [-0.15, -0.1) is 0 Å². The summed E-state index contributed by atoms with van der Waals surface area (Å²) in [6.45, 7) is 0.429. The normalized spacial score (nSPS) is 13.3. The van der Waals surface area contributed by atoms with Gasteiger partial charge < -0.3 is 13.9 Å². The molecule has 0 fully saturated rings. The van der Waals surface area contributed by atoms with Gasteiger partial charge in [-0.2, -0.15) is 0 Å². The molecule has 8 heteroatoms. The fourth-order valence-electron chi connectivity index (χ4n) is 2.75. The van der Waals surface area contributed by atoms with Crippen LogP contribution in [-0.2, 0) is 11.3 Å². The highest BCUT2D eigenvalue weighted by Crippen LogP contribution is 2.38. The van der Waals surface area contributed by atoms with Crippen molar-refractivity contribution in [3.63, 3.8) is 0 Å². The van der Waals surface area contributed by atoms with Gasteiger partial charge in [0.2, 0.25) is 0 Å². The minimum Gasteiger partial charge on any atom is -0.466 e. The molecule has 0 atom stereocenters. The molecule has 4 rings (SSSR count). The first-order chi connectivity index (χ1) is 12.0. The molecule has 126 valence electrons. The Morgan fingerprint density at radius 2 is 2.00 bits per heavy atom. The Kier molecular flexibility index (Phi) is 3.67. The van der Waals surface area contributed by atoms with Crippen LogP contribution in [0.4, 0.5) is 5.69 Å². The SMILES string of the molecule is O=c1cc(-c2cc(Cl)cc3c2OCOC3)oc2ccc([N+](=O)[O-])cc12. The van der Waals surface area contributed by atoms with E-state index in [1.54, 1.807) is 12.1 Å². The summed E-state index contributed by atoms with van der Waals surface area (Å²) in [7, 11) is 0. The van der Waals surface area contributed by atoms with E-state index in [1.165, 1.54) is 24.3 Å². The van der Waals surface area contributed by atoms with E-state index in [1.807, 2.05) is 0 Å². The third kappa shape index (κ3) is 2.73. The van der Waals surface area contributed by atoms with Gasteiger partial charge in [0.05, 0.1) is 22.5 Å². The maximum Gasteiger partial charge on any atom is 0.270 e. The zero-order valence-electron chi connectivity index (χ0n) is 12.7. The molecule has 2 heterocycles. The summed E-state index contributed by atoms with van der Waals surface area (Å²) in [5, 5.41) is 11.5.